The molecule has 0 aromatic carbocycles. The first-order valence-corrected chi connectivity index (χ1v) is 7.99. The van der Waals surface area contributed by atoms with Crippen LogP contribution in [-0.4, -0.2) is 32.7 Å². The fourth-order valence-electron chi connectivity index (χ4n) is 2.41. The normalized spacial score (nSPS) is 11.8. The van der Waals surface area contributed by atoms with Crippen LogP contribution in [0.1, 0.15) is 39.8 Å². The third-order valence-electron chi connectivity index (χ3n) is 3.47. The Morgan fingerprint density at radius 2 is 1.88 bits per heavy atom. The second-order valence-electron chi connectivity index (χ2n) is 5.20. The zero-order valence-electron chi connectivity index (χ0n) is 12.9. The summed E-state index contributed by atoms with van der Waals surface area (Å²) >= 11 is 0.440. The van der Waals surface area contributed by atoms with Crippen molar-refractivity contribution in [2.24, 2.45) is 0 Å². The van der Waals surface area contributed by atoms with Crippen LogP contribution in [0.5, 0.6) is 0 Å². The number of aromatic nitrogens is 2. The Hall–Kier alpha value is -2.43. The summed E-state index contributed by atoms with van der Waals surface area (Å²) in [6.45, 7) is 0.823. The van der Waals surface area contributed by atoms with E-state index in [1.807, 2.05) is 0 Å². The van der Waals surface area contributed by atoms with Gasteiger partial charge in [-0.25, -0.2) is 9.59 Å². The number of aldehydes is 1. The standard InChI is InChI=1S/C14H13F3N2O5S/c1-2-4-18-10(21)8-7(6-20)9(12(22)23)25-11(8)19(13(18)24)5-3-14(15,16)17/h6H,2-5H2,1H3,(H,22,23). The van der Waals surface area contributed by atoms with Crippen molar-refractivity contribution < 1.29 is 27.9 Å². The number of carboxylic acid groups (broad SMARTS) is 1. The molecule has 2 aromatic rings. The number of nitrogens with zero attached hydrogens (tertiary/aromatic N) is 2. The fourth-order valence-corrected chi connectivity index (χ4v) is 3.53. The van der Waals surface area contributed by atoms with Gasteiger partial charge in [-0.2, -0.15) is 13.2 Å². The number of fused-ring (bicyclic) bond motifs is 1. The van der Waals surface area contributed by atoms with E-state index in [2.05, 4.69) is 0 Å². The van der Waals surface area contributed by atoms with Gasteiger partial charge in [0.05, 0.1) is 17.4 Å². The minimum Gasteiger partial charge on any atom is -0.477 e. The van der Waals surface area contributed by atoms with Crippen LogP contribution in [-0.2, 0) is 13.1 Å². The van der Waals surface area contributed by atoms with Crippen LogP contribution >= 0.6 is 11.3 Å². The summed E-state index contributed by atoms with van der Waals surface area (Å²) in [6, 6.07) is 0. The molecule has 11 heteroatoms. The molecule has 0 amide bonds. The highest BCUT2D eigenvalue weighted by atomic mass is 32.1. The van der Waals surface area contributed by atoms with Gasteiger partial charge in [0.25, 0.3) is 5.56 Å². The average molecular weight is 378 g/mol. The van der Waals surface area contributed by atoms with Crippen LogP contribution in [0.15, 0.2) is 9.59 Å². The van der Waals surface area contributed by atoms with Gasteiger partial charge < -0.3 is 5.11 Å². The first-order chi connectivity index (χ1) is 11.6. The Morgan fingerprint density at radius 1 is 1.24 bits per heavy atom. The van der Waals surface area contributed by atoms with E-state index in [4.69, 9.17) is 5.11 Å². The summed E-state index contributed by atoms with van der Waals surface area (Å²) in [5.74, 6) is -1.50. The number of hydrogen-bond donors (Lipinski definition) is 1. The SMILES string of the molecule is CCCn1c(=O)c2c(C=O)c(C(=O)O)sc2n(CCC(F)(F)F)c1=O. The maximum atomic E-state index is 12.5. The number of aryl methyl sites for hydroxylation is 1. The van der Waals surface area contributed by atoms with E-state index in [9.17, 15) is 32.3 Å². The molecule has 2 aromatic heterocycles. The van der Waals surface area contributed by atoms with Crippen molar-refractivity contribution >= 4 is 33.8 Å². The quantitative estimate of drug-likeness (QED) is 0.776. The molecule has 0 unspecified atom stereocenters. The third kappa shape index (κ3) is 3.50. The van der Waals surface area contributed by atoms with Crippen LogP contribution in [0.3, 0.4) is 0 Å². The topological polar surface area (TPSA) is 98.4 Å². The Bertz CT molecular complexity index is 954. The van der Waals surface area contributed by atoms with Crippen molar-refractivity contribution in [1.29, 1.82) is 0 Å². The molecule has 0 aliphatic heterocycles. The lowest BCUT2D eigenvalue weighted by molar-refractivity contribution is -0.136. The first-order valence-electron chi connectivity index (χ1n) is 7.17. The molecule has 1 N–H and O–H groups in total. The summed E-state index contributed by atoms with van der Waals surface area (Å²) in [6.07, 6.45) is -5.36. The van der Waals surface area contributed by atoms with Crippen LogP contribution in [0.2, 0.25) is 0 Å². The minimum atomic E-state index is -4.54. The maximum Gasteiger partial charge on any atom is 0.390 e. The number of aromatic carboxylic acids is 1. The molecular weight excluding hydrogens is 365 g/mol. The minimum absolute atomic E-state index is 0.0594. The summed E-state index contributed by atoms with van der Waals surface area (Å²) < 4.78 is 39.1. The Labute approximate surface area is 141 Å². The number of rotatable bonds is 6. The molecular formula is C14H13F3N2O5S. The van der Waals surface area contributed by atoms with Crippen molar-refractivity contribution in [3.05, 3.63) is 31.3 Å². The summed E-state index contributed by atoms with van der Waals surface area (Å²) in [5, 5.41) is 8.82. The molecule has 0 spiro atoms. The lowest BCUT2D eigenvalue weighted by Crippen LogP contribution is -2.40. The predicted molar refractivity (Wildman–Crippen MR) is 83.7 cm³/mol. The van der Waals surface area contributed by atoms with E-state index in [1.165, 1.54) is 0 Å². The number of alkyl halides is 3. The molecule has 0 fully saturated rings. The van der Waals surface area contributed by atoms with E-state index >= 15 is 0 Å². The predicted octanol–water partition coefficient (Wildman–Crippen LogP) is 2.10. The molecule has 7 nitrogen and oxygen atoms in total. The van der Waals surface area contributed by atoms with Gasteiger partial charge in [-0.1, -0.05) is 6.92 Å². The van der Waals surface area contributed by atoms with Gasteiger partial charge in [0.15, 0.2) is 6.29 Å². The lowest BCUT2D eigenvalue weighted by atomic mass is 10.2. The highest BCUT2D eigenvalue weighted by molar-refractivity contribution is 7.20. The average Bonchev–Trinajstić information content (AvgIpc) is 2.90. The maximum absolute atomic E-state index is 12.5. The van der Waals surface area contributed by atoms with E-state index in [0.717, 1.165) is 4.57 Å². The molecule has 0 atom stereocenters. The van der Waals surface area contributed by atoms with E-state index in [-0.39, 0.29) is 23.0 Å². The largest absolute Gasteiger partial charge is 0.477 e. The van der Waals surface area contributed by atoms with Crippen molar-refractivity contribution in [3.63, 3.8) is 0 Å². The first kappa shape index (κ1) is 18.9. The second-order valence-corrected chi connectivity index (χ2v) is 6.20. The fraction of sp³-hybridized carbons (Fsp3) is 0.429. The number of halogens is 3. The molecule has 25 heavy (non-hydrogen) atoms. The molecule has 0 aliphatic carbocycles. The highest BCUT2D eigenvalue weighted by Crippen LogP contribution is 2.28. The molecule has 136 valence electrons. The molecule has 0 saturated carbocycles. The van der Waals surface area contributed by atoms with Crippen LogP contribution in [0.4, 0.5) is 13.2 Å². The zero-order chi connectivity index (χ0) is 18.9. The van der Waals surface area contributed by atoms with Crippen LogP contribution in [0, 0.1) is 0 Å². The van der Waals surface area contributed by atoms with Crippen molar-refractivity contribution in [2.75, 3.05) is 0 Å². The van der Waals surface area contributed by atoms with Gasteiger partial charge in [0.1, 0.15) is 9.71 Å². The Kier molecular flexibility index (Phi) is 5.16. The number of carbonyl (C=O) groups is 2. The number of carboxylic acids is 1. The third-order valence-corrected chi connectivity index (χ3v) is 4.69. The smallest absolute Gasteiger partial charge is 0.390 e. The van der Waals surface area contributed by atoms with Gasteiger partial charge in [-0.3, -0.25) is 18.7 Å². The molecule has 2 heterocycles. The summed E-state index contributed by atoms with van der Waals surface area (Å²) in [5.41, 5.74) is -2.27. The van der Waals surface area contributed by atoms with Crippen molar-refractivity contribution in [2.45, 2.75) is 39.0 Å². The monoisotopic (exact) mass is 378 g/mol. The van der Waals surface area contributed by atoms with Crippen LogP contribution in [0.25, 0.3) is 10.2 Å². The van der Waals surface area contributed by atoms with E-state index in [1.54, 1.807) is 6.92 Å². The zero-order valence-corrected chi connectivity index (χ0v) is 13.7. The molecule has 0 bridgehead atoms. The van der Waals surface area contributed by atoms with Gasteiger partial charge >= 0.3 is 17.8 Å². The van der Waals surface area contributed by atoms with Gasteiger partial charge in [0, 0.05) is 13.1 Å². The molecule has 2 rings (SSSR count). The number of hydrogen-bond acceptors (Lipinski definition) is 5. The van der Waals surface area contributed by atoms with E-state index in [0.29, 0.717) is 22.3 Å². The summed E-state index contributed by atoms with van der Waals surface area (Å²) in [4.78, 5) is 46.7. The van der Waals surface area contributed by atoms with Crippen molar-refractivity contribution in [3.8, 4) is 0 Å². The molecule has 0 aliphatic rings. The highest BCUT2D eigenvalue weighted by Gasteiger charge is 2.29. The second kappa shape index (κ2) is 6.82. The van der Waals surface area contributed by atoms with Gasteiger partial charge in [-0.15, -0.1) is 11.3 Å². The van der Waals surface area contributed by atoms with Gasteiger partial charge in [0.2, 0.25) is 0 Å². The lowest BCUT2D eigenvalue weighted by Gasteiger charge is -2.12. The molecule has 0 radical (unpaired) electrons. The molecule has 0 saturated heterocycles. The number of carbonyl (C=O) groups excluding carboxylic acids is 1. The number of thiophene rings is 1. The van der Waals surface area contributed by atoms with Crippen molar-refractivity contribution in [1.82, 2.24) is 9.13 Å². The van der Waals surface area contributed by atoms with E-state index < -0.39 is 46.8 Å². The van der Waals surface area contributed by atoms with Gasteiger partial charge in [-0.05, 0) is 6.42 Å². The Morgan fingerprint density at radius 3 is 2.36 bits per heavy atom. The summed E-state index contributed by atoms with van der Waals surface area (Å²) in [7, 11) is 0. The Balaban J connectivity index is 2.89. The van der Waals surface area contributed by atoms with Crippen LogP contribution < -0.4 is 11.2 Å².